The molecule has 0 spiro atoms. The van der Waals surface area contributed by atoms with Crippen molar-refractivity contribution in [2.45, 2.75) is 19.1 Å². The van der Waals surface area contributed by atoms with Crippen molar-refractivity contribution in [2.24, 2.45) is 5.73 Å². The number of para-hydroxylation sites is 1. The maximum Gasteiger partial charge on any atom is 0.0957 e. The van der Waals surface area contributed by atoms with Crippen molar-refractivity contribution in [3.05, 3.63) is 29.8 Å². The number of aliphatic hydroxyl groups is 1. The number of hydrogen-bond acceptors (Lipinski definition) is 3. The topological polar surface area (TPSA) is 72.3 Å². The lowest BCUT2D eigenvalue weighted by atomic mass is 10.0. The maximum atomic E-state index is 9.57. The Balaban J connectivity index is 2.94. The van der Waals surface area contributed by atoms with Crippen LogP contribution in [0.4, 0.5) is 5.69 Å². The maximum absolute atomic E-state index is 9.57. The van der Waals surface area contributed by atoms with Gasteiger partial charge >= 0.3 is 0 Å². The van der Waals surface area contributed by atoms with E-state index < -0.39 is 6.10 Å². The van der Waals surface area contributed by atoms with E-state index in [4.69, 9.17) is 11.5 Å². The number of benzene rings is 1. The number of anilines is 1. The first-order valence-corrected chi connectivity index (χ1v) is 3.91. The number of hydrogen-bond donors (Lipinski definition) is 3. The standard InChI is InChI=1S/C9H14N2O/c1-6(10)9(12)7-4-2-3-5-8(7)11/h2-6,9,12H,10-11H2,1H3/t6-,9?/m1/s1. The van der Waals surface area contributed by atoms with E-state index in [-0.39, 0.29) is 6.04 Å². The van der Waals surface area contributed by atoms with Gasteiger partial charge in [-0.1, -0.05) is 18.2 Å². The van der Waals surface area contributed by atoms with E-state index in [0.717, 1.165) is 0 Å². The van der Waals surface area contributed by atoms with Gasteiger partial charge in [-0.2, -0.15) is 0 Å². The molecule has 3 heteroatoms. The summed E-state index contributed by atoms with van der Waals surface area (Å²) in [6.45, 7) is 1.75. The number of nitrogen functional groups attached to an aromatic ring is 1. The molecule has 3 nitrogen and oxygen atoms in total. The predicted molar refractivity (Wildman–Crippen MR) is 49.5 cm³/mol. The molecular weight excluding hydrogens is 152 g/mol. The smallest absolute Gasteiger partial charge is 0.0957 e. The summed E-state index contributed by atoms with van der Waals surface area (Å²) >= 11 is 0. The lowest BCUT2D eigenvalue weighted by Gasteiger charge is -2.16. The van der Waals surface area contributed by atoms with Crippen molar-refractivity contribution >= 4 is 5.69 Å². The zero-order valence-electron chi connectivity index (χ0n) is 7.07. The predicted octanol–water partition coefficient (Wildman–Crippen LogP) is 0.649. The third-order valence-electron chi connectivity index (χ3n) is 1.81. The molecule has 0 aliphatic rings. The lowest BCUT2D eigenvalue weighted by molar-refractivity contribution is 0.154. The van der Waals surface area contributed by atoms with Gasteiger partial charge in [0, 0.05) is 17.3 Å². The van der Waals surface area contributed by atoms with E-state index in [1.54, 1.807) is 19.1 Å². The van der Waals surface area contributed by atoms with Gasteiger partial charge in [-0.05, 0) is 13.0 Å². The molecule has 0 bridgehead atoms. The Labute approximate surface area is 72.0 Å². The van der Waals surface area contributed by atoms with Gasteiger partial charge in [0.15, 0.2) is 0 Å². The monoisotopic (exact) mass is 166 g/mol. The summed E-state index contributed by atoms with van der Waals surface area (Å²) in [6, 6.07) is 6.89. The first-order valence-electron chi connectivity index (χ1n) is 3.91. The SMILES string of the molecule is C[C@@H](N)C(O)c1ccccc1N. The van der Waals surface area contributed by atoms with E-state index in [0.29, 0.717) is 11.3 Å². The highest BCUT2D eigenvalue weighted by atomic mass is 16.3. The van der Waals surface area contributed by atoms with Crippen molar-refractivity contribution in [1.82, 2.24) is 0 Å². The van der Waals surface area contributed by atoms with Gasteiger partial charge in [-0.3, -0.25) is 0 Å². The summed E-state index contributed by atoms with van der Waals surface area (Å²) < 4.78 is 0. The van der Waals surface area contributed by atoms with E-state index in [2.05, 4.69) is 0 Å². The second-order valence-electron chi connectivity index (χ2n) is 2.93. The van der Waals surface area contributed by atoms with Crippen LogP contribution >= 0.6 is 0 Å². The molecule has 0 amide bonds. The van der Waals surface area contributed by atoms with E-state index in [1.807, 2.05) is 12.1 Å². The van der Waals surface area contributed by atoms with Gasteiger partial charge < -0.3 is 16.6 Å². The fraction of sp³-hybridized carbons (Fsp3) is 0.333. The van der Waals surface area contributed by atoms with Crippen molar-refractivity contribution in [3.63, 3.8) is 0 Å². The van der Waals surface area contributed by atoms with Crippen LogP contribution in [0.25, 0.3) is 0 Å². The van der Waals surface area contributed by atoms with Crippen LogP contribution in [0.3, 0.4) is 0 Å². The van der Waals surface area contributed by atoms with Crippen LogP contribution in [0.1, 0.15) is 18.6 Å². The fourth-order valence-electron chi connectivity index (χ4n) is 1.06. The Bertz CT molecular complexity index is 260. The van der Waals surface area contributed by atoms with Crippen molar-refractivity contribution in [3.8, 4) is 0 Å². The third-order valence-corrected chi connectivity index (χ3v) is 1.81. The largest absolute Gasteiger partial charge is 0.398 e. The van der Waals surface area contributed by atoms with Gasteiger partial charge in [0.05, 0.1) is 6.10 Å². The molecule has 0 heterocycles. The number of rotatable bonds is 2. The Hall–Kier alpha value is -1.06. The van der Waals surface area contributed by atoms with E-state index in [9.17, 15) is 5.11 Å². The fourth-order valence-corrected chi connectivity index (χ4v) is 1.06. The van der Waals surface area contributed by atoms with Crippen molar-refractivity contribution in [1.29, 1.82) is 0 Å². The average molecular weight is 166 g/mol. The summed E-state index contributed by atoms with van der Waals surface area (Å²) in [5, 5.41) is 9.57. The first kappa shape index (κ1) is 9.03. The Kier molecular flexibility index (Phi) is 2.68. The van der Waals surface area contributed by atoms with Gasteiger partial charge in [-0.15, -0.1) is 0 Å². The second kappa shape index (κ2) is 3.56. The van der Waals surface area contributed by atoms with Crippen LogP contribution in [-0.2, 0) is 0 Å². The zero-order chi connectivity index (χ0) is 9.14. The highest BCUT2D eigenvalue weighted by Crippen LogP contribution is 2.21. The second-order valence-corrected chi connectivity index (χ2v) is 2.93. The van der Waals surface area contributed by atoms with Gasteiger partial charge in [-0.25, -0.2) is 0 Å². The van der Waals surface area contributed by atoms with Crippen LogP contribution in [0, 0.1) is 0 Å². The Morgan fingerprint density at radius 1 is 1.33 bits per heavy atom. The van der Waals surface area contributed by atoms with Gasteiger partial charge in [0.2, 0.25) is 0 Å². The van der Waals surface area contributed by atoms with Gasteiger partial charge in [0.25, 0.3) is 0 Å². The Morgan fingerprint density at radius 2 is 1.92 bits per heavy atom. The highest BCUT2D eigenvalue weighted by molar-refractivity contribution is 5.47. The normalized spacial score (nSPS) is 15.6. The summed E-state index contributed by atoms with van der Waals surface area (Å²) in [5.74, 6) is 0. The minimum atomic E-state index is -0.675. The highest BCUT2D eigenvalue weighted by Gasteiger charge is 2.13. The van der Waals surface area contributed by atoms with Gasteiger partial charge in [0.1, 0.15) is 0 Å². The van der Waals surface area contributed by atoms with Crippen LogP contribution in [0.5, 0.6) is 0 Å². The average Bonchev–Trinajstić information content (AvgIpc) is 2.04. The minimum absolute atomic E-state index is 0.297. The molecule has 5 N–H and O–H groups in total. The molecular formula is C9H14N2O. The molecule has 0 aliphatic carbocycles. The molecule has 0 radical (unpaired) electrons. The number of nitrogens with two attached hydrogens (primary N) is 2. The summed E-state index contributed by atoms with van der Waals surface area (Å²) in [7, 11) is 0. The molecule has 12 heavy (non-hydrogen) atoms. The van der Waals surface area contributed by atoms with Crippen LogP contribution in [-0.4, -0.2) is 11.1 Å². The first-order chi connectivity index (χ1) is 5.63. The lowest BCUT2D eigenvalue weighted by Crippen LogP contribution is -2.25. The Morgan fingerprint density at radius 3 is 2.42 bits per heavy atom. The molecule has 0 saturated heterocycles. The summed E-state index contributed by atoms with van der Waals surface area (Å²) in [5.41, 5.74) is 12.5. The van der Waals surface area contributed by atoms with E-state index >= 15 is 0 Å². The van der Waals surface area contributed by atoms with Crippen LogP contribution in [0.2, 0.25) is 0 Å². The molecule has 0 aromatic heterocycles. The molecule has 1 rings (SSSR count). The van der Waals surface area contributed by atoms with Crippen molar-refractivity contribution in [2.75, 3.05) is 5.73 Å². The molecule has 0 fully saturated rings. The minimum Gasteiger partial charge on any atom is -0.398 e. The quantitative estimate of drug-likeness (QED) is 0.565. The molecule has 0 saturated carbocycles. The summed E-state index contributed by atoms with van der Waals surface area (Å²) in [4.78, 5) is 0. The molecule has 1 aromatic rings. The van der Waals surface area contributed by atoms with Crippen molar-refractivity contribution < 1.29 is 5.11 Å². The number of aliphatic hydroxyl groups excluding tert-OH is 1. The molecule has 66 valence electrons. The zero-order valence-corrected chi connectivity index (χ0v) is 7.07. The summed E-state index contributed by atoms with van der Waals surface area (Å²) in [6.07, 6.45) is -0.675. The molecule has 1 unspecified atom stereocenters. The molecule has 0 aliphatic heterocycles. The van der Waals surface area contributed by atoms with Crippen LogP contribution in [0.15, 0.2) is 24.3 Å². The molecule has 1 aromatic carbocycles. The van der Waals surface area contributed by atoms with Crippen LogP contribution < -0.4 is 11.5 Å². The van der Waals surface area contributed by atoms with E-state index in [1.165, 1.54) is 0 Å². The molecule has 2 atom stereocenters. The third kappa shape index (κ3) is 1.75.